The van der Waals surface area contributed by atoms with Gasteiger partial charge in [-0.1, -0.05) is 12.1 Å². The van der Waals surface area contributed by atoms with Crippen molar-refractivity contribution in [3.8, 4) is 5.75 Å². The molecule has 0 bridgehead atoms. The molecule has 2 aliphatic heterocycles. The Kier molecular flexibility index (Phi) is 7.18. The van der Waals surface area contributed by atoms with E-state index >= 15 is 0 Å². The number of para-hydroxylation sites is 1. The molecule has 5 amide bonds. The van der Waals surface area contributed by atoms with Crippen molar-refractivity contribution in [3.63, 3.8) is 0 Å². The Balaban J connectivity index is 1.65. The molecule has 3 rings (SSSR count). The highest BCUT2D eigenvalue weighted by Gasteiger charge is 2.40. The maximum absolute atomic E-state index is 12.7. The summed E-state index contributed by atoms with van der Waals surface area (Å²) in [6.45, 7) is 1.87. The number of nitrogens with two attached hydrogens (primary N) is 1. The molecule has 14 heteroatoms. The second-order valence-corrected chi connectivity index (χ2v) is 7.51. The Labute approximate surface area is 189 Å². The van der Waals surface area contributed by atoms with Gasteiger partial charge < -0.3 is 36.1 Å². The molecule has 6 N–H and O–H groups in total. The van der Waals surface area contributed by atoms with Crippen LogP contribution in [0, 0.1) is 0 Å². The molecule has 0 aliphatic carbocycles. The smallest absolute Gasteiger partial charge is 0.534 e. The van der Waals surface area contributed by atoms with E-state index in [0.29, 0.717) is 17.0 Å². The maximum Gasteiger partial charge on any atom is 0.547 e. The fraction of sp³-hybridized carbons (Fsp3) is 0.421. The zero-order valence-corrected chi connectivity index (χ0v) is 17.8. The van der Waals surface area contributed by atoms with Gasteiger partial charge in [-0.3, -0.25) is 19.3 Å². The topological polar surface area (TPSA) is 192 Å². The number of likely N-dealkylation sites (N-methyl/N-ethyl adjacent to an activating group) is 1. The van der Waals surface area contributed by atoms with Gasteiger partial charge in [0.2, 0.25) is 5.91 Å². The fourth-order valence-electron chi connectivity index (χ4n) is 3.63. The minimum Gasteiger partial charge on any atom is -0.534 e. The second kappa shape index (κ2) is 9.87. The van der Waals surface area contributed by atoms with Crippen LogP contribution in [0.3, 0.4) is 0 Å². The minimum absolute atomic E-state index is 0.0149. The maximum atomic E-state index is 12.7. The van der Waals surface area contributed by atoms with Crippen LogP contribution >= 0.6 is 0 Å². The van der Waals surface area contributed by atoms with E-state index < -0.39 is 48.8 Å². The van der Waals surface area contributed by atoms with Gasteiger partial charge in [-0.05, 0) is 25.0 Å². The van der Waals surface area contributed by atoms with E-state index in [0.717, 1.165) is 0 Å². The average Bonchev–Trinajstić information content (AvgIpc) is 2.78. The highest BCUT2D eigenvalue weighted by Crippen LogP contribution is 2.30. The molecule has 2 heterocycles. The number of fused-ring (bicyclic) bond motifs is 1. The number of rotatable bonds is 6. The van der Waals surface area contributed by atoms with Crippen LogP contribution in [0.4, 0.5) is 4.79 Å². The first-order valence-electron chi connectivity index (χ1n) is 10.3. The summed E-state index contributed by atoms with van der Waals surface area (Å²) in [5.41, 5.74) is 5.96. The van der Waals surface area contributed by atoms with E-state index in [2.05, 4.69) is 10.6 Å². The van der Waals surface area contributed by atoms with Gasteiger partial charge >= 0.3 is 30.9 Å². The lowest BCUT2D eigenvalue weighted by Gasteiger charge is -2.33. The third-order valence-corrected chi connectivity index (χ3v) is 5.46. The largest absolute Gasteiger partial charge is 0.547 e. The number of piperazine rings is 1. The molecule has 13 nitrogen and oxygen atoms in total. The summed E-state index contributed by atoms with van der Waals surface area (Å²) < 4.78 is 5.32. The summed E-state index contributed by atoms with van der Waals surface area (Å²) in [5, 5.41) is 24.4. The number of urea groups is 1. The Morgan fingerprint density at radius 3 is 2.64 bits per heavy atom. The number of benzene rings is 1. The monoisotopic (exact) mass is 461 g/mol. The number of amides is 5. The van der Waals surface area contributed by atoms with Gasteiger partial charge in [0.15, 0.2) is 0 Å². The van der Waals surface area contributed by atoms with Gasteiger partial charge in [0.05, 0.1) is 11.5 Å². The molecule has 1 unspecified atom stereocenters. The Morgan fingerprint density at radius 1 is 1.27 bits per heavy atom. The normalized spacial score (nSPS) is 18.9. The predicted molar refractivity (Wildman–Crippen MR) is 113 cm³/mol. The summed E-state index contributed by atoms with van der Waals surface area (Å²) in [7, 11) is -1.54. The number of carbonyl (C=O) groups is 5. The standard InChI is InChI=1S/C19H24BN5O8/c1-2-24-6-7-25(17(28)16(24)27)19(31)22-12(9-21)15(26)23-13-8-10-4-3-5-11(18(29)30)14(10)33-20(13)32/h3-5,12-13,32H,2,6-9,21H2,1H3,(H,22,31)(H,23,26)(H,29,30)/t12?,13-/m0/s1. The number of carboxylic acids is 1. The van der Waals surface area contributed by atoms with Gasteiger partial charge in [-0.25, -0.2) is 9.59 Å². The van der Waals surface area contributed by atoms with Crippen molar-refractivity contribution in [2.75, 3.05) is 26.2 Å². The van der Waals surface area contributed by atoms with Gasteiger partial charge in [-0.2, -0.15) is 0 Å². The molecule has 0 saturated carbocycles. The molecule has 0 aromatic heterocycles. The zero-order chi connectivity index (χ0) is 24.3. The molecule has 33 heavy (non-hydrogen) atoms. The molecular formula is C19H24BN5O8. The summed E-state index contributed by atoms with van der Waals surface area (Å²) in [6, 6.07) is 2.25. The average molecular weight is 461 g/mol. The first-order valence-corrected chi connectivity index (χ1v) is 10.3. The summed E-state index contributed by atoms with van der Waals surface area (Å²) in [5.74, 6) is -4.71. The third kappa shape index (κ3) is 4.91. The van der Waals surface area contributed by atoms with Crippen molar-refractivity contribution in [2.24, 2.45) is 5.73 Å². The van der Waals surface area contributed by atoms with Crippen LogP contribution in [0.2, 0.25) is 0 Å². The molecule has 176 valence electrons. The molecule has 1 saturated heterocycles. The molecule has 0 spiro atoms. The van der Waals surface area contributed by atoms with Crippen molar-refractivity contribution in [2.45, 2.75) is 25.3 Å². The number of hydrogen-bond donors (Lipinski definition) is 5. The SMILES string of the molecule is CCN1CCN(C(=O)NC(CN)C(=O)N[C@H]2Cc3cccc(C(=O)O)c3OB2O)C(=O)C1=O. The number of carbonyl (C=O) groups excluding carboxylic acids is 4. The van der Waals surface area contributed by atoms with Crippen molar-refractivity contribution in [1.82, 2.24) is 20.4 Å². The second-order valence-electron chi connectivity index (χ2n) is 7.51. The Morgan fingerprint density at radius 2 is 2.00 bits per heavy atom. The summed E-state index contributed by atoms with van der Waals surface area (Å²) in [6.07, 6.45) is 0.0700. The highest BCUT2D eigenvalue weighted by atomic mass is 16.5. The fourth-order valence-corrected chi connectivity index (χ4v) is 3.63. The van der Waals surface area contributed by atoms with Gasteiger partial charge in [0.1, 0.15) is 11.8 Å². The van der Waals surface area contributed by atoms with Crippen LogP contribution in [0.15, 0.2) is 18.2 Å². The molecule has 1 aromatic carbocycles. The van der Waals surface area contributed by atoms with E-state index in [-0.39, 0.29) is 37.4 Å². The van der Waals surface area contributed by atoms with Crippen molar-refractivity contribution < 1.29 is 38.8 Å². The number of nitrogens with one attached hydrogen (secondary N) is 2. The molecule has 1 fully saturated rings. The van der Waals surface area contributed by atoms with Crippen molar-refractivity contribution >= 4 is 36.8 Å². The van der Waals surface area contributed by atoms with E-state index in [1.54, 1.807) is 13.0 Å². The lowest BCUT2D eigenvalue weighted by atomic mass is 9.72. The van der Waals surface area contributed by atoms with Gasteiger partial charge in [-0.15, -0.1) is 0 Å². The predicted octanol–water partition coefficient (Wildman–Crippen LogP) is -2.45. The molecule has 2 aliphatic rings. The molecule has 0 radical (unpaired) electrons. The van der Waals surface area contributed by atoms with E-state index in [1.807, 2.05) is 0 Å². The highest BCUT2D eigenvalue weighted by molar-refractivity contribution is 6.47. The third-order valence-electron chi connectivity index (χ3n) is 5.46. The van der Waals surface area contributed by atoms with Crippen LogP contribution in [0.5, 0.6) is 5.75 Å². The van der Waals surface area contributed by atoms with E-state index in [9.17, 15) is 34.1 Å². The number of hydrogen-bond acceptors (Lipinski definition) is 8. The van der Waals surface area contributed by atoms with Gasteiger partial charge in [0.25, 0.3) is 0 Å². The first kappa shape index (κ1) is 24.0. The van der Waals surface area contributed by atoms with Crippen LogP contribution in [-0.2, 0) is 20.8 Å². The molecular weight excluding hydrogens is 437 g/mol. The van der Waals surface area contributed by atoms with Crippen LogP contribution in [0.1, 0.15) is 22.8 Å². The van der Waals surface area contributed by atoms with E-state index in [4.69, 9.17) is 10.4 Å². The van der Waals surface area contributed by atoms with Crippen LogP contribution in [-0.4, -0.2) is 94.9 Å². The number of aromatic carboxylic acids is 1. The quantitative estimate of drug-likeness (QED) is 0.226. The van der Waals surface area contributed by atoms with Crippen molar-refractivity contribution in [1.29, 1.82) is 0 Å². The number of carboxylic acid groups (broad SMARTS) is 1. The lowest BCUT2D eigenvalue weighted by Crippen LogP contribution is -2.63. The summed E-state index contributed by atoms with van der Waals surface area (Å²) in [4.78, 5) is 62.7. The van der Waals surface area contributed by atoms with Crippen LogP contribution in [0.25, 0.3) is 0 Å². The number of imide groups is 1. The molecule has 2 atom stereocenters. The molecule has 1 aromatic rings. The Bertz CT molecular complexity index is 989. The number of nitrogens with zero attached hydrogens (tertiary/aromatic N) is 2. The minimum atomic E-state index is -1.54. The zero-order valence-electron chi connectivity index (χ0n) is 17.8. The first-order chi connectivity index (χ1) is 15.7. The summed E-state index contributed by atoms with van der Waals surface area (Å²) >= 11 is 0. The van der Waals surface area contributed by atoms with Gasteiger partial charge in [0, 0.05) is 26.2 Å². The van der Waals surface area contributed by atoms with Crippen LogP contribution < -0.4 is 21.0 Å². The lowest BCUT2D eigenvalue weighted by molar-refractivity contribution is -0.153. The Hall–Kier alpha value is -3.65. The van der Waals surface area contributed by atoms with E-state index in [1.165, 1.54) is 17.0 Å². The van der Waals surface area contributed by atoms with Crippen molar-refractivity contribution in [3.05, 3.63) is 29.3 Å².